The number of sulfone groups is 2. The van der Waals surface area contributed by atoms with Crippen molar-refractivity contribution in [1.82, 2.24) is 9.97 Å². The fraction of sp³-hybridized carbons (Fsp3) is 0.385. The Labute approximate surface area is 218 Å². The zero-order valence-corrected chi connectivity index (χ0v) is 23.5. The van der Waals surface area contributed by atoms with Gasteiger partial charge in [0.15, 0.2) is 19.7 Å². The molecule has 1 heterocycles. The van der Waals surface area contributed by atoms with Crippen molar-refractivity contribution in [2.24, 2.45) is 0 Å². The second-order valence-electron chi connectivity index (χ2n) is 9.19. The molecular weight excluding hydrogens is 514 g/mol. The molecule has 9 nitrogen and oxygen atoms in total. The molecule has 11 heteroatoms. The van der Waals surface area contributed by atoms with Crippen molar-refractivity contribution >= 4 is 25.5 Å². The van der Waals surface area contributed by atoms with Gasteiger partial charge in [0.2, 0.25) is 0 Å². The van der Waals surface area contributed by atoms with E-state index in [9.17, 15) is 16.8 Å². The van der Waals surface area contributed by atoms with Gasteiger partial charge < -0.3 is 15.2 Å². The number of ether oxygens (including phenoxy) is 2. The van der Waals surface area contributed by atoms with Crippen molar-refractivity contribution in [2.45, 2.75) is 60.8 Å². The molecule has 2 N–H and O–H groups in total. The zero-order valence-electron chi connectivity index (χ0n) is 21.8. The lowest BCUT2D eigenvalue weighted by Gasteiger charge is -2.16. The largest absolute Gasteiger partial charge is 0.497 e. The lowest BCUT2D eigenvalue weighted by atomic mass is 10.1. The molecule has 3 aromatic rings. The predicted octanol–water partition coefficient (Wildman–Crippen LogP) is 3.62. The highest BCUT2D eigenvalue weighted by molar-refractivity contribution is 7.92. The fourth-order valence-electron chi connectivity index (χ4n) is 3.76. The molecule has 0 fully saturated rings. The summed E-state index contributed by atoms with van der Waals surface area (Å²) in [5, 5.41) is -1.21. The molecule has 3 rings (SSSR count). The molecule has 0 saturated heterocycles. The summed E-state index contributed by atoms with van der Waals surface area (Å²) in [6, 6.07) is 9.60. The van der Waals surface area contributed by atoms with E-state index in [1.165, 1.54) is 26.4 Å². The Bertz CT molecular complexity index is 1500. The quantitative estimate of drug-likeness (QED) is 0.403. The second-order valence-corrected chi connectivity index (χ2v) is 14.1. The number of benzene rings is 2. The molecule has 0 bridgehead atoms. The summed E-state index contributed by atoms with van der Waals surface area (Å²) < 4.78 is 62.3. The molecule has 0 spiro atoms. The van der Waals surface area contributed by atoms with E-state index in [0.717, 1.165) is 0 Å². The van der Waals surface area contributed by atoms with E-state index in [-0.39, 0.29) is 28.5 Å². The minimum absolute atomic E-state index is 0.120. The molecule has 37 heavy (non-hydrogen) atoms. The molecule has 0 saturated carbocycles. The second kappa shape index (κ2) is 11.1. The van der Waals surface area contributed by atoms with Crippen LogP contribution < -0.4 is 15.2 Å². The molecule has 0 aliphatic rings. The van der Waals surface area contributed by atoms with E-state index in [1.54, 1.807) is 58.2 Å². The molecule has 0 aliphatic heterocycles. The van der Waals surface area contributed by atoms with Crippen LogP contribution in [0.25, 0.3) is 0 Å². The number of nitrogen functional groups attached to an aromatic ring is 1. The number of aromatic nitrogens is 2. The van der Waals surface area contributed by atoms with Crippen molar-refractivity contribution in [2.75, 3.05) is 20.0 Å². The van der Waals surface area contributed by atoms with Gasteiger partial charge >= 0.3 is 0 Å². The summed E-state index contributed by atoms with van der Waals surface area (Å²) in [5.41, 5.74) is 7.83. The van der Waals surface area contributed by atoms with Crippen LogP contribution >= 0.6 is 0 Å². The van der Waals surface area contributed by atoms with Crippen LogP contribution in [-0.4, -0.2) is 51.5 Å². The monoisotopic (exact) mass is 547 g/mol. The van der Waals surface area contributed by atoms with Gasteiger partial charge in [-0.25, -0.2) is 26.8 Å². The summed E-state index contributed by atoms with van der Waals surface area (Å²) >= 11 is 0. The number of methoxy groups -OCH3 is 2. The molecule has 200 valence electrons. The van der Waals surface area contributed by atoms with Crippen LogP contribution in [0.1, 0.15) is 50.2 Å². The first-order valence-corrected chi connectivity index (χ1v) is 14.8. The Morgan fingerprint density at radius 3 is 1.62 bits per heavy atom. The third kappa shape index (κ3) is 6.04. The highest BCUT2D eigenvalue weighted by atomic mass is 32.2. The molecule has 0 amide bonds. The molecule has 0 unspecified atom stereocenters. The minimum Gasteiger partial charge on any atom is -0.497 e. The molecule has 0 atom stereocenters. The smallest absolute Gasteiger partial charge is 0.180 e. The van der Waals surface area contributed by atoms with Crippen LogP contribution in [0.4, 0.5) is 5.82 Å². The van der Waals surface area contributed by atoms with Crippen LogP contribution in [0, 0.1) is 0 Å². The maximum absolute atomic E-state index is 12.9. The summed E-state index contributed by atoms with van der Waals surface area (Å²) in [5.74, 6) is 1.54. The van der Waals surface area contributed by atoms with E-state index >= 15 is 0 Å². The van der Waals surface area contributed by atoms with Gasteiger partial charge in [-0.1, -0.05) is 0 Å². The van der Waals surface area contributed by atoms with Crippen molar-refractivity contribution in [3.05, 3.63) is 65.1 Å². The first-order chi connectivity index (χ1) is 17.3. The van der Waals surface area contributed by atoms with Crippen LogP contribution in [0.5, 0.6) is 11.5 Å². The third-order valence-corrected chi connectivity index (χ3v) is 10.6. The van der Waals surface area contributed by atoms with E-state index in [2.05, 4.69) is 9.97 Å². The van der Waals surface area contributed by atoms with Gasteiger partial charge in [0.25, 0.3) is 0 Å². The zero-order chi connectivity index (χ0) is 27.5. The summed E-state index contributed by atoms with van der Waals surface area (Å²) in [4.78, 5) is 9.21. The average Bonchev–Trinajstić information content (AvgIpc) is 2.85. The Balaban J connectivity index is 2.00. The molecule has 2 aromatic carbocycles. The van der Waals surface area contributed by atoms with E-state index in [0.29, 0.717) is 34.0 Å². The summed E-state index contributed by atoms with van der Waals surface area (Å²) in [6.45, 7) is 6.50. The third-order valence-electron chi connectivity index (χ3n) is 6.07. The van der Waals surface area contributed by atoms with Crippen molar-refractivity contribution < 1.29 is 26.3 Å². The number of nitrogens with zero attached hydrogens (tertiary/aromatic N) is 2. The molecule has 0 radical (unpaired) electrons. The van der Waals surface area contributed by atoms with Gasteiger partial charge in [0, 0.05) is 24.6 Å². The highest BCUT2D eigenvalue weighted by Crippen LogP contribution is 2.29. The summed E-state index contributed by atoms with van der Waals surface area (Å²) in [7, 11) is -4.09. The van der Waals surface area contributed by atoms with E-state index in [1.807, 2.05) is 0 Å². The van der Waals surface area contributed by atoms with E-state index in [4.69, 9.17) is 15.2 Å². The Morgan fingerprint density at radius 2 is 1.22 bits per heavy atom. The number of anilines is 1. The predicted molar refractivity (Wildman–Crippen MR) is 143 cm³/mol. The van der Waals surface area contributed by atoms with Crippen LogP contribution in [0.15, 0.2) is 52.4 Å². The molecular formula is C26H33N3O6S2. The van der Waals surface area contributed by atoms with Gasteiger partial charge in [0.1, 0.15) is 23.1 Å². The lowest BCUT2D eigenvalue weighted by Crippen LogP contribution is -2.17. The Hall–Kier alpha value is -3.18. The first kappa shape index (κ1) is 28.4. The normalized spacial score (nSPS) is 12.2. The van der Waals surface area contributed by atoms with Crippen molar-refractivity contribution in [1.29, 1.82) is 0 Å². The molecule has 0 aliphatic carbocycles. The Kier molecular flexibility index (Phi) is 8.49. The van der Waals surface area contributed by atoms with Gasteiger partial charge in [0.05, 0.1) is 34.5 Å². The van der Waals surface area contributed by atoms with Gasteiger partial charge in [-0.15, -0.1) is 0 Å². The number of nitrogens with two attached hydrogens (primary N) is 1. The van der Waals surface area contributed by atoms with E-state index < -0.39 is 30.2 Å². The van der Waals surface area contributed by atoms with Crippen LogP contribution in [0.2, 0.25) is 0 Å². The van der Waals surface area contributed by atoms with Crippen molar-refractivity contribution in [3.8, 4) is 11.5 Å². The van der Waals surface area contributed by atoms with Gasteiger partial charge in [-0.2, -0.15) is 0 Å². The standard InChI is InChI=1S/C26H33N3O6S2/c1-16(2)36(30,31)23-9-7-21(34-5)12-18(23)11-20-15-28-25(29-26(20)27)14-19-13-22(35-6)8-10-24(19)37(32,33)17(3)4/h7-10,12-13,15-17H,11,14H2,1-6H3,(H2,27,28,29). The fourth-order valence-corrected chi connectivity index (χ4v) is 6.28. The summed E-state index contributed by atoms with van der Waals surface area (Å²) in [6.07, 6.45) is 1.84. The molecule has 1 aromatic heterocycles. The Morgan fingerprint density at radius 1 is 0.757 bits per heavy atom. The SMILES string of the molecule is COc1ccc(S(=O)(=O)C(C)C)c(Cc2ncc(Cc3cc(OC)ccc3S(=O)(=O)C(C)C)c(N)n2)c1. The van der Waals surface area contributed by atoms with Gasteiger partial charge in [-0.3, -0.25) is 0 Å². The first-order valence-electron chi connectivity index (χ1n) is 11.7. The van der Waals surface area contributed by atoms with Gasteiger partial charge in [-0.05, 0) is 75.2 Å². The maximum Gasteiger partial charge on any atom is 0.180 e. The number of hydrogen-bond donors (Lipinski definition) is 1. The topological polar surface area (TPSA) is 139 Å². The number of hydrogen-bond acceptors (Lipinski definition) is 9. The van der Waals surface area contributed by atoms with Crippen molar-refractivity contribution in [3.63, 3.8) is 0 Å². The highest BCUT2D eigenvalue weighted by Gasteiger charge is 2.25. The average molecular weight is 548 g/mol. The lowest BCUT2D eigenvalue weighted by molar-refractivity contribution is 0.413. The minimum atomic E-state index is -3.56. The van der Waals surface area contributed by atoms with Crippen LogP contribution in [0.3, 0.4) is 0 Å². The number of rotatable bonds is 10. The van der Waals surface area contributed by atoms with Crippen LogP contribution in [-0.2, 0) is 32.5 Å². The maximum atomic E-state index is 12.9.